The summed E-state index contributed by atoms with van der Waals surface area (Å²) in [5.41, 5.74) is 7.11. The molecule has 0 spiro atoms. The molecule has 0 amide bonds. The normalized spacial score (nSPS) is 11.8. The highest BCUT2D eigenvalue weighted by molar-refractivity contribution is 5.22. The van der Waals surface area contributed by atoms with Crippen molar-refractivity contribution in [1.82, 2.24) is 0 Å². The first kappa shape index (κ1) is 13.7. The van der Waals surface area contributed by atoms with Gasteiger partial charge in [0.25, 0.3) is 0 Å². The van der Waals surface area contributed by atoms with Crippen molar-refractivity contribution >= 4 is 0 Å². The molecule has 0 fully saturated rings. The van der Waals surface area contributed by atoms with E-state index in [4.69, 9.17) is 5.73 Å². The van der Waals surface area contributed by atoms with E-state index in [0.29, 0.717) is 12.8 Å². The highest BCUT2D eigenvalue weighted by atomic mass is 16.5. The Balaban J connectivity index is 2.18. The molecule has 3 heteroatoms. The van der Waals surface area contributed by atoms with Gasteiger partial charge in [0, 0.05) is 0 Å². The maximum atomic E-state index is 9.62. The van der Waals surface area contributed by atoms with Crippen LogP contribution in [-0.4, -0.2) is 22.0 Å². The van der Waals surface area contributed by atoms with E-state index in [1.54, 1.807) is 0 Å². The molecule has 2 rings (SSSR count). The Morgan fingerprint density at radius 3 is 1.47 bits per heavy atom. The molecular weight excluding hydrogens is 238 g/mol. The molecule has 0 aliphatic carbocycles. The molecule has 0 aliphatic rings. The second-order valence-corrected chi connectivity index (χ2v) is 4.93. The van der Waals surface area contributed by atoms with Gasteiger partial charge in [0.1, 0.15) is 0 Å². The predicted molar refractivity (Wildman–Crippen MR) is 75.4 cm³/mol. The fourth-order valence-electron chi connectivity index (χ4n) is 2.20. The Kier molecular flexibility index (Phi) is 4.32. The Morgan fingerprint density at radius 1 is 0.789 bits per heavy atom. The van der Waals surface area contributed by atoms with Crippen LogP contribution in [0.15, 0.2) is 60.7 Å². The molecule has 0 saturated carbocycles. The number of benzene rings is 2. The number of hydrogen-bond donors (Lipinski definition) is 3. The average molecular weight is 257 g/mol. The number of rotatable bonds is 5. The molecule has 0 saturated heterocycles. The molecule has 3 nitrogen and oxygen atoms in total. The van der Waals surface area contributed by atoms with Crippen molar-refractivity contribution in [3.05, 3.63) is 71.8 Å². The third-order valence-corrected chi connectivity index (χ3v) is 3.27. The van der Waals surface area contributed by atoms with Crippen molar-refractivity contribution in [3.8, 4) is 0 Å². The standard InChI is InChI=1S/C16H19NO2/c17-16(15(18)19,11-13-7-3-1-4-8-13)12-14-9-5-2-6-10-14/h1-10,15,18-19H,11-12,17H2. The van der Waals surface area contributed by atoms with Gasteiger partial charge in [-0.1, -0.05) is 60.7 Å². The van der Waals surface area contributed by atoms with Crippen molar-refractivity contribution in [2.24, 2.45) is 5.73 Å². The van der Waals surface area contributed by atoms with Gasteiger partial charge >= 0.3 is 0 Å². The highest BCUT2D eigenvalue weighted by Gasteiger charge is 2.33. The molecule has 0 aromatic heterocycles. The molecule has 0 unspecified atom stereocenters. The molecule has 0 radical (unpaired) electrons. The number of hydrogen-bond acceptors (Lipinski definition) is 3. The van der Waals surface area contributed by atoms with E-state index in [1.807, 2.05) is 60.7 Å². The van der Waals surface area contributed by atoms with Crippen LogP contribution in [0, 0.1) is 0 Å². The van der Waals surface area contributed by atoms with Crippen LogP contribution < -0.4 is 5.73 Å². The molecule has 2 aromatic rings. The molecule has 0 heterocycles. The van der Waals surface area contributed by atoms with Crippen LogP contribution in [-0.2, 0) is 12.8 Å². The second-order valence-electron chi connectivity index (χ2n) is 4.93. The summed E-state index contributed by atoms with van der Waals surface area (Å²) in [5, 5.41) is 19.2. The zero-order valence-corrected chi connectivity index (χ0v) is 10.7. The molecule has 2 aromatic carbocycles. The van der Waals surface area contributed by atoms with Crippen LogP contribution in [0.1, 0.15) is 11.1 Å². The van der Waals surface area contributed by atoms with E-state index in [9.17, 15) is 10.2 Å². The van der Waals surface area contributed by atoms with Crippen LogP contribution in [0.4, 0.5) is 0 Å². The quantitative estimate of drug-likeness (QED) is 0.711. The van der Waals surface area contributed by atoms with Gasteiger partial charge in [0.05, 0.1) is 5.54 Å². The predicted octanol–water partition coefficient (Wildman–Crippen LogP) is 1.48. The van der Waals surface area contributed by atoms with Gasteiger partial charge in [-0.15, -0.1) is 0 Å². The first-order chi connectivity index (χ1) is 9.10. The first-order valence-electron chi connectivity index (χ1n) is 6.33. The Bertz CT molecular complexity index is 455. The summed E-state index contributed by atoms with van der Waals surface area (Å²) in [4.78, 5) is 0. The van der Waals surface area contributed by atoms with Gasteiger partial charge in [-0.3, -0.25) is 0 Å². The zero-order valence-electron chi connectivity index (χ0n) is 10.7. The fourth-order valence-corrected chi connectivity index (χ4v) is 2.20. The summed E-state index contributed by atoms with van der Waals surface area (Å²) in [6, 6.07) is 19.3. The lowest BCUT2D eigenvalue weighted by Gasteiger charge is -2.31. The van der Waals surface area contributed by atoms with Crippen LogP contribution in [0.3, 0.4) is 0 Å². The number of nitrogens with two attached hydrogens (primary N) is 1. The van der Waals surface area contributed by atoms with Gasteiger partial charge in [0.15, 0.2) is 6.29 Å². The minimum atomic E-state index is -1.56. The van der Waals surface area contributed by atoms with Gasteiger partial charge in [0.2, 0.25) is 0 Å². The summed E-state index contributed by atoms with van der Waals surface area (Å²) in [5.74, 6) is 0. The van der Waals surface area contributed by atoms with E-state index < -0.39 is 11.8 Å². The molecule has 0 aliphatic heterocycles. The molecule has 4 N–H and O–H groups in total. The topological polar surface area (TPSA) is 66.5 Å². The minimum Gasteiger partial charge on any atom is -0.367 e. The van der Waals surface area contributed by atoms with Crippen molar-refractivity contribution in [2.45, 2.75) is 24.7 Å². The third kappa shape index (κ3) is 3.64. The van der Waals surface area contributed by atoms with Crippen molar-refractivity contribution < 1.29 is 10.2 Å². The molecule has 0 bridgehead atoms. The average Bonchev–Trinajstić information content (AvgIpc) is 2.40. The van der Waals surface area contributed by atoms with Gasteiger partial charge in [-0.05, 0) is 24.0 Å². The lowest BCUT2D eigenvalue weighted by molar-refractivity contribution is -0.0961. The smallest absolute Gasteiger partial charge is 0.170 e. The minimum absolute atomic E-state index is 0.417. The fraction of sp³-hybridized carbons (Fsp3) is 0.250. The van der Waals surface area contributed by atoms with E-state index in [2.05, 4.69) is 0 Å². The SMILES string of the molecule is NC(Cc1ccccc1)(Cc1ccccc1)C(O)O. The van der Waals surface area contributed by atoms with Crippen LogP contribution in [0.5, 0.6) is 0 Å². The molecular formula is C16H19NO2. The maximum absolute atomic E-state index is 9.62. The summed E-state index contributed by atoms with van der Waals surface area (Å²) >= 11 is 0. The summed E-state index contributed by atoms with van der Waals surface area (Å²) < 4.78 is 0. The van der Waals surface area contributed by atoms with E-state index in [0.717, 1.165) is 11.1 Å². The van der Waals surface area contributed by atoms with Crippen molar-refractivity contribution in [3.63, 3.8) is 0 Å². The number of aliphatic hydroxyl groups excluding tert-OH is 1. The van der Waals surface area contributed by atoms with Crippen LogP contribution in [0.25, 0.3) is 0 Å². The summed E-state index contributed by atoms with van der Waals surface area (Å²) in [7, 11) is 0. The van der Waals surface area contributed by atoms with Crippen LogP contribution in [0.2, 0.25) is 0 Å². The van der Waals surface area contributed by atoms with Crippen LogP contribution >= 0.6 is 0 Å². The second kappa shape index (κ2) is 5.97. The number of aliphatic hydroxyl groups is 2. The van der Waals surface area contributed by atoms with Crippen molar-refractivity contribution in [2.75, 3.05) is 0 Å². The monoisotopic (exact) mass is 257 g/mol. The Morgan fingerprint density at radius 2 is 1.16 bits per heavy atom. The molecule has 19 heavy (non-hydrogen) atoms. The van der Waals surface area contributed by atoms with E-state index in [-0.39, 0.29) is 0 Å². The van der Waals surface area contributed by atoms with Gasteiger partial charge in [-0.2, -0.15) is 0 Å². The summed E-state index contributed by atoms with van der Waals surface area (Å²) in [6.45, 7) is 0. The first-order valence-corrected chi connectivity index (χ1v) is 6.33. The maximum Gasteiger partial charge on any atom is 0.170 e. The van der Waals surface area contributed by atoms with Gasteiger partial charge in [-0.25, -0.2) is 0 Å². The lowest BCUT2D eigenvalue weighted by Crippen LogP contribution is -2.54. The van der Waals surface area contributed by atoms with E-state index in [1.165, 1.54) is 0 Å². The highest BCUT2D eigenvalue weighted by Crippen LogP contribution is 2.19. The summed E-state index contributed by atoms with van der Waals surface area (Å²) in [6.07, 6.45) is -0.728. The largest absolute Gasteiger partial charge is 0.367 e. The Labute approximate surface area is 113 Å². The van der Waals surface area contributed by atoms with Gasteiger partial charge < -0.3 is 15.9 Å². The zero-order chi connectivity index (χ0) is 13.7. The molecule has 100 valence electrons. The lowest BCUT2D eigenvalue weighted by atomic mass is 9.85. The third-order valence-electron chi connectivity index (χ3n) is 3.27. The Hall–Kier alpha value is -1.68. The van der Waals surface area contributed by atoms with E-state index >= 15 is 0 Å². The van der Waals surface area contributed by atoms with Crippen molar-refractivity contribution in [1.29, 1.82) is 0 Å². The molecule has 0 atom stereocenters.